The highest BCUT2D eigenvalue weighted by atomic mass is 16.7. The summed E-state index contributed by atoms with van der Waals surface area (Å²) in [6.45, 7) is -0.195. The number of hydrogen-bond donors (Lipinski definition) is 0. The van der Waals surface area contributed by atoms with Crippen LogP contribution in [-0.4, -0.2) is 18.7 Å². The maximum atomic E-state index is 12.3. The molecule has 0 heterocycles. The first-order chi connectivity index (χ1) is 15.0. The Balaban J connectivity index is 0.902. The fourth-order valence-corrected chi connectivity index (χ4v) is 10.2. The molecule has 8 aliphatic rings. The van der Waals surface area contributed by atoms with Gasteiger partial charge in [0.05, 0.1) is 0 Å². The van der Waals surface area contributed by atoms with Crippen molar-refractivity contribution < 1.29 is 19.1 Å². The number of carbonyl (C=O) groups is 2. The van der Waals surface area contributed by atoms with Crippen molar-refractivity contribution >= 4 is 11.9 Å². The van der Waals surface area contributed by atoms with E-state index in [0.29, 0.717) is 23.7 Å². The van der Waals surface area contributed by atoms with Crippen molar-refractivity contribution in [3.8, 4) is 0 Å². The summed E-state index contributed by atoms with van der Waals surface area (Å²) in [5.41, 5.74) is 0.810. The first-order valence-corrected chi connectivity index (χ1v) is 13.3. The van der Waals surface area contributed by atoms with Crippen LogP contribution in [-0.2, 0) is 19.1 Å². The molecule has 0 N–H and O–H groups in total. The summed E-state index contributed by atoms with van der Waals surface area (Å²) in [5.74, 6) is 5.10. The van der Waals surface area contributed by atoms with Gasteiger partial charge in [0, 0.05) is 12.8 Å². The largest absolute Gasteiger partial charge is 0.428 e. The van der Waals surface area contributed by atoms with Crippen molar-refractivity contribution in [1.29, 1.82) is 0 Å². The Morgan fingerprint density at radius 1 is 0.548 bits per heavy atom. The van der Waals surface area contributed by atoms with Crippen LogP contribution in [0.1, 0.15) is 103 Å². The maximum Gasteiger partial charge on any atom is 0.308 e. The molecule has 0 aromatic rings. The molecule has 0 aromatic carbocycles. The molecule has 0 saturated heterocycles. The number of ether oxygens (including phenoxy) is 2. The van der Waals surface area contributed by atoms with Crippen molar-refractivity contribution in [3.05, 3.63) is 0 Å². The Kier molecular flexibility index (Phi) is 5.14. The SMILES string of the molecule is O=C(CCC12CC3CC(CC(C3)C1)C2)OCOC(=O)CCC12CC3CC(CC(C3)C1)C2. The third kappa shape index (κ3) is 4.17. The number of hydrogen-bond acceptors (Lipinski definition) is 4. The number of rotatable bonds is 8. The van der Waals surface area contributed by atoms with Gasteiger partial charge in [0.15, 0.2) is 0 Å². The Labute approximate surface area is 187 Å². The van der Waals surface area contributed by atoms with Gasteiger partial charge in [0.25, 0.3) is 0 Å². The molecule has 8 rings (SSSR count). The van der Waals surface area contributed by atoms with Crippen molar-refractivity contribution in [2.75, 3.05) is 6.79 Å². The van der Waals surface area contributed by atoms with Crippen LogP contribution in [0, 0.1) is 46.3 Å². The van der Waals surface area contributed by atoms with E-state index in [2.05, 4.69) is 0 Å². The van der Waals surface area contributed by atoms with Crippen LogP contribution in [0.2, 0.25) is 0 Å². The third-order valence-electron chi connectivity index (χ3n) is 10.5. The standard InChI is InChI=1S/C27H40O4/c28-24(1-3-26-11-18-5-19(12-26)7-20(6-18)13-26)30-17-31-25(29)2-4-27-14-21-8-22(15-27)10-23(9-21)16-27/h18-23H,1-17H2. The van der Waals surface area contributed by atoms with Crippen molar-refractivity contribution in [2.24, 2.45) is 46.3 Å². The van der Waals surface area contributed by atoms with E-state index in [1.54, 1.807) is 0 Å². The number of carbonyl (C=O) groups excluding carboxylic acids is 2. The van der Waals surface area contributed by atoms with Gasteiger partial charge < -0.3 is 9.47 Å². The maximum absolute atomic E-state index is 12.3. The minimum Gasteiger partial charge on any atom is -0.428 e. The lowest BCUT2D eigenvalue weighted by Crippen LogP contribution is -2.46. The van der Waals surface area contributed by atoms with Crippen LogP contribution in [0.15, 0.2) is 0 Å². The van der Waals surface area contributed by atoms with Crippen molar-refractivity contribution in [3.63, 3.8) is 0 Å². The minimum absolute atomic E-state index is 0.190. The molecule has 0 aliphatic heterocycles. The van der Waals surface area contributed by atoms with E-state index in [4.69, 9.17) is 9.47 Å². The van der Waals surface area contributed by atoms with Gasteiger partial charge in [0.2, 0.25) is 6.79 Å². The fraction of sp³-hybridized carbons (Fsp3) is 0.926. The second-order valence-electron chi connectivity index (χ2n) is 13.0. The zero-order valence-corrected chi connectivity index (χ0v) is 19.1. The van der Waals surface area contributed by atoms with Crippen LogP contribution in [0.25, 0.3) is 0 Å². The molecular weight excluding hydrogens is 388 g/mol. The summed E-state index contributed by atoms with van der Waals surface area (Å²) in [6, 6.07) is 0. The van der Waals surface area contributed by atoms with Crippen LogP contribution in [0.5, 0.6) is 0 Å². The van der Waals surface area contributed by atoms with Gasteiger partial charge >= 0.3 is 11.9 Å². The molecule has 0 radical (unpaired) electrons. The van der Waals surface area contributed by atoms with E-state index in [0.717, 1.165) is 48.3 Å². The first kappa shape index (κ1) is 20.5. The molecule has 0 amide bonds. The molecule has 0 unspecified atom stereocenters. The summed E-state index contributed by atoms with van der Waals surface area (Å²) in [7, 11) is 0. The average molecular weight is 429 g/mol. The van der Waals surface area contributed by atoms with Gasteiger partial charge in [-0.25, -0.2) is 0 Å². The third-order valence-corrected chi connectivity index (χ3v) is 10.5. The molecule has 4 nitrogen and oxygen atoms in total. The lowest BCUT2D eigenvalue weighted by molar-refractivity contribution is -0.169. The summed E-state index contributed by atoms with van der Waals surface area (Å²) in [6.07, 6.45) is 19.5. The fourth-order valence-electron chi connectivity index (χ4n) is 10.2. The van der Waals surface area contributed by atoms with E-state index in [-0.39, 0.29) is 18.7 Å². The van der Waals surface area contributed by atoms with Crippen LogP contribution < -0.4 is 0 Å². The van der Waals surface area contributed by atoms with Gasteiger partial charge in [-0.15, -0.1) is 0 Å². The zero-order valence-electron chi connectivity index (χ0n) is 19.1. The van der Waals surface area contributed by atoms with Crippen LogP contribution in [0.4, 0.5) is 0 Å². The van der Waals surface area contributed by atoms with E-state index >= 15 is 0 Å². The highest BCUT2D eigenvalue weighted by Crippen LogP contribution is 2.62. The van der Waals surface area contributed by atoms with Gasteiger partial charge in [-0.3, -0.25) is 9.59 Å². The Hall–Kier alpha value is -1.06. The van der Waals surface area contributed by atoms with Gasteiger partial charge in [-0.05, 0) is 136 Å². The Bertz CT molecular complexity index is 594. The summed E-state index contributed by atoms with van der Waals surface area (Å²) < 4.78 is 10.6. The second-order valence-corrected chi connectivity index (χ2v) is 13.0. The minimum atomic E-state index is -0.195. The van der Waals surface area contributed by atoms with E-state index in [1.165, 1.54) is 77.0 Å². The highest BCUT2D eigenvalue weighted by molar-refractivity contribution is 5.71. The van der Waals surface area contributed by atoms with E-state index < -0.39 is 0 Å². The lowest BCUT2D eigenvalue weighted by Gasteiger charge is -2.57. The van der Waals surface area contributed by atoms with Gasteiger partial charge in [-0.1, -0.05) is 0 Å². The molecule has 8 bridgehead atoms. The summed E-state index contributed by atoms with van der Waals surface area (Å²) >= 11 is 0. The molecule has 8 fully saturated rings. The molecule has 0 spiro atoms. The predicted molar refractivity (Wildman–Crippen MR) is 117 cm³/mol. The van der Waals surface area contributed by atoms with E-state index in [9.17, 15) is 9.59 Å². The molecule has 0 aromatic heterocycles. The van der Waals surface area contributed by atoms with Crippen molar-refractivity contribution in [2.45, 2.75) is 103 Å². The molecule has 172 valence electrons. The normalized spacial score (nSPS) is 46.3. The topological polar surface area (TPSA) is 52.6 Å². The Morgan fingerprint density at radius 2 is 0.839 bits per heavy atom. The molecule has 0 atom stereocenters. The smallest absolute Gasteiger partial charge is 0.308 e. The van der Waals surface area contributed by atoms with Crippen LogP contribution >= 0.6 is 0 Å². The second kappa shape index (κ2) is 7.76. The molecule has 31 heavy (non-hydrogen) atoms. The number of esters is 2. The highest BCUT2D eigenvalue weighted by Gasteiger charge is 2.51. The Morgan fingerprint density at radius 3 is 1.13 bits per heavy atom. The van der Waals surface area contributed by atoms with Crippen LogP contribution in [0.3, 0.4) is 0 Å². The van der Waals surface area contributed by atoms with Crippen molar-refractivity contribution in [1.82, 2.24) is 0 Å². The quantitative estimate of drug-likeness (QED) is 0.350. The summed E-state index contributed by atoms with van der Waals surface area (Å²) in [5, 5.41) is 0. The van der Waals surface area contributed by atoms with Gasteiger partial charge in [-0.2, -0.15) is 0 Å². The monoisotopic (exact) mass is 428 g/mol. The van der Waals surface area contributed by atoms with Gasteiger partial charge in [0.1, 0.15) is 0 Å². The average Bonchev–Trinajstić information content (AvgIpc) is 2.69. The lowest BCUT2D eigenvalue weighted by atomic mass is 9.48. The molecular formula is C27H40O4. The molecule has 8 saturated carbocycles. The van der Waals surface area contributed by atoms with E-state index in [1.807, 2.05) is 0 Å². The molecule has 8 aliphatic carbocycles. The predicted octanol–water partition coefficient (Wildman–Crippen LogP) is 6.02. The summed E-state index contributed by atoms with van der Waals surface area (Å²) in [4.78, 5) is 24.6. The first-order valence-electron chi connectivity index (χ1n) is 13.3. The zero-order chi connectivity index (χ0) is 21.1. The molecule has 4 heteroatoms.